The van der Waals surface area contributed by atoms with E-state index in [0.717, 1.165) is 42.3 Å². The Morgan fingerprint density at radius 2 is 1.52 bits per heavy atom. The van der Waals surface area contributed by atoms with Crippen LogP contribution in [0, 0.1) is 0 Å². The highest BCUT2D eigenvalue weighted by atomic mass is 15.3. The molecule has 1 aromatic heterocycles. The van der Waals surface area contributed by atoms with Crippen LogP contribution in [0.2, 0.25) is 0 Å². The summed E-state index contributed by atoms with van der Waals surface area (Å²) in [6.07, 6.45) is 5.07. The normalized spacial score (nSPS) is 15.1. The van der Waals surface area contributed by atoms with Crippen molar-refractivity contribution in [3.63, 3.8) is 0 Å². The first kappa shape index (κ1) is 15.9. The Bertz CT molecular complexity index is 824. The third-order valence-corrected chi connectivity index (χ3v) is 4.78. The van der Waals surface area contributed by atoms with Crippen molar-refractivity contribution in [2.45, 2.75) is 32.2 Å². The van der Waals surface area contributed by atoms with Crippen LogP contribution in [0.3, 0.4) is 0 Å². The van der Waals surface area contributed by atoms with Gasteiger partial charge in [0, 0.05) is 25.0 Å². The number of anilines is 2. The molecule has 2 heterocycles. The molecule has 0 spiro atoms. The van der Waals surface area contributed by atoms with E-state index >= 15 is 0 Å². The lowest BCUT2D eigenvalue weighted by Gasteiger charge is -2.21. The molecule has 1 aliphatic rings. The van der Waals surface area contributed by atoms with Crippen molar-refractivity contribution in [3.8, 4) is 0 Å². The predicted molar refractivity (Wildman–Crippen MR) is 104 cm³/mol. The molecule has 3 aromatic rings. The van der Waals surface area contributed by atoms with Gasteiger partial charge in [-0.2, -0.15) is 4.98 Å². The van der Waals surface area contributed by atoms with Crippen molar-refractivity contribution in [3.05, 3.63) is 60.2 Å². The van der Waals surface area contributed by atoms with Crippen LogP contribution in [0.25, 0.3) is 10.9 Å². The summed E-state index contributed by atoms with van der Waals surface area (Å²) in [5.74, 6) is 1.78. The van der Waals surface area contributed by atoms with Crippen LogP contribution >= 0.6 is 0 Å². The second-order valence-corrected chi connectivity index (χ2v) is 6.63. The number of hydrogen-bond donors (Lipinski definition) is 1. The molecule has 0 amide bonds. The van der Waals surface area contributed by atoms with Crippen LogP contribution in [-0.2, 0) is 6.54 Å². The van der Waals surface area contributed by atoms with E-state index in [1.807, 2.05) is 18.2 Å². The van der Waals surface area contributed by atoms with Crippen LogP contribution in [-0.4, -0.2) is 23.1 Å². The van der Waals surface area contributed by atoms with Gasteiger partial charge >= 0.3 is 0 Å². The lowest BCUT2D eigenvalue weighted by Crippen LogP contribution is -2.26. The van der Waals surface area contributed by atoms with Crippen LogP contribution in [0.1, 0.15) is 31.2 Å². The first-order valence-electron chi connectivity index (χ1n) is 9.20. The van der Waals surface area contributed by atoms with E-state index in [9.17, 15) is 0 Å². The van der Waals surface area contributed by atoms with Gasteiger partial charge in [0.15, 0.2) is 0 Å². The number of nitrogens with one attached hydrogen (secondary N) is 1. The first-order chi connectivity index (χ1) is 12.4. The number of hydrogen-bond acceptors (Lipinski definition) is 4. The van der Waals surface area contributed by atoms with E-state index in [-0.39, 0.29) is 0 Å². The Morgan fingerprint density at radius 1 is 0.800 bits per heavy atom. The molecule has 1 aliphatic heterocycles. The summed E-state index contributed by atoms with van der Waals surface area (Å²) in [7, 11) is 0. The standard InChI is InChI=1S/C21H24N4/c1-2-9-15-25(14-8-1)21-23-19-13-7-6-12-18(19)20(24-21)22-16-17-10-4-3-5-11-17/h3-7,10-13H,1-2,8-9,14-16H2,(H,22,23,24). The molecule has 128 valence electrons. The summed E-state index contributed by atoms with van der Waals surface area (Å²) in [6.45, 7) is 2.87. The summed E-state index contributed by atoms with van der Waals surface area (Å²) in [4.78, 5) is 12.1. The monoisotopic (exact) mass is 332 g/mol. The molecule has 4 nitrogen and oxygen atoms in total. The van der Waals surface area contributed by atoms with Crippen LogP contribution in [0.5, 0.6) is 0 Å². The molecule has 0 radical (unpaired) electrons. The maximum absolute atomic E-state index is 4.89. The van der Waals surface area contributed by atoms with Gasteiger partial charge in [0.2, 0.25) is 5.95 Å². The van der Waals surface area contributed by atoms with Gasteiger partial charge in [-0.3, -0.25) is 0 Å². The van der Waals surface area contributed by atoms with Gasteiger partial charge in [0.25, 0.3) is 0 Å². The van der Waals surface area contributed by atoms with Crippen LogP contribution in [0.15, 0.2) is 54.6 Å². The van der Waals surface area contributed by atoms with Crippen molar-refractivity contribution in [2.24, 2.45) is 0 Å². The van der Waals surface area contributed by atoms with Crippen molar-refractivity contribution < 1.29 is 0 Å². The Labute approximate surface area is 148 Å². The molecule has 25 heavy (non-hydrogen) atoms. The van der Waals surface area contributed by atoms with Gasteiger partial charge in [0.1, 0.15) is 5.82 Å². The van der Waals surface area contributed by atoms with Crippen LogP contribution in [0.4, 0.5) is 11.8 Å². The number of aromatic nitrogens is 2. The maximum atomic E-state index is 4.89. The SMILES string of the molecule is c1ccc(CNc2nc(N3CCCCCC3)nc3ccccc23)cc1. The average Bonchev–Trinajstić information content (AvgIpc) is 2.96. The Kier molecular flexibility index (Phi) is 4.77. The zero-order valence-electron chi connectivity index (χ0n) is 14.5. The fourth-order valence-electron chi connectivity index (χ4n) is 3.39. The summed E-state index contributed by atoms with van der Waals surface area (Å²) >= 11 is 0. The van der Waals surface area contributed by atoms with Crippen molar-refractivity contribution in [2.75, 3.05) is 23.3 Å². The Morgan fingerprint density at radius 3 is 2.32 bits per heavy atom. The van der Waals surface area contributed by atoms with E-state index in [0.29, 0.717) is 0 Å². The van der Waals surface area contributed by atoms with E-state index in [4.69, 9.17) is 9.97 Å². The van der Waals surface area contributed by atoms with Gasteiger partial charge in [0.05, 0.1) is 5.52 Å². The molecule has 4 heteroatoms. The lowest BCUT2D eigenvalue weighted by molar-refractivity contribution is 0.726. The molecule has 0 atom stereocenters. The molecular formula is C21H24N4. The third kappa shape index (κ3) is 3.73. The van der Waals surface area contributed by atoms with E-state index in [1.54, 1.807) is 0 Å². The average molecular weight is 332 g/mol. The van der Waals surface area contributed by atoms with Gasteiger partial charge in [-0.25, -0.2) is 4.98 Å². The highest BCUT2D eigenvalue weighted by Crippen LogP contribution is 2.25. The van der Waals surface area contributed by atoms with Crippen molar-refractivity contribution in [1.29, 1.82) is 0 Å². The molecule has 0 unspecified atom stereocenters. The smallest absolute Gasteiger partial charge is 0.227 e. The summed E-state index contributed by atoms with van der Waals surface area (Å²) in [5, 5.41) is 4.60. The fourth-order valence-corrected chi connectivity index (χ4v) is 3.39. The highest BCUT2D eigenvalue weighted by molar-refractivity contribution is 5.90. The van der Waals surface area contributed by atoms with Crippen molar-refractivity contribution in [1.82, 2.24) is 9.97 Å². The zero-order chi connectivity index (χ0) is 16.9. The molecule has 0 bridgehead atoms. The molecule has 2 aromatic carbocycles. The number of rotatable bonds is 4. The van der Waals surface area contributed by atoms with Gasteiger partial charge in [-0.05, 0) is 30.5 Å². The van der Waals surface area contributed by atoms with E-state index in [2.05, 4.69) is 46.6 Å². The Balaban J connectivity index is 1.66. The second-order valence-electron chi connectivity index (χ2n) is 6.63. The molecule has 1 saturated heterocycles. The first-order valence-corrected chi connectivity index (χ1v) is 9.20. The molecule has 0 saturated carbocycles. The number of nitrogens with zero attached hydrogens (tertiary/aromatic N) is 3. The van der Waals surface area contributed by atoms with Crippen molar-refractivity contribution >= 4 is 22.7 Å². The van der Waals surface area contributed by atoms with Gasteiger partial charge in [-0.15, -0.1) is 0 Å². The molecule has 0 aliphatic carbocycles. The van der Waals surface area contributed by atoms with Gasteiger partial charge in [-0.1, -0.05) is 55.3 Å². The number of benzene rings is 2. The molecular weight excluding hydrogens is 308 g/mol. The van der Waals surface area contributed by atoms with E-state index < -0.39 is 0 Å². The molecule has 1 N–H and O–H groups in total. The Hall–Kier alpha value is -2.62. The summed E-state index contributed by atoms with van der Waals surface area (Å²) in [6, 6.07) is 18.7. The molecule has 4 rings (SSSR count). The predicted octanol–water partition coefficient (Wildman–Crippen LogP) is 4.62. The topological polar surface area (TPSA) is 41.1 Å². The quantitative estimate of drug-likeness (QED) is 0.757. The third-order valence-electron chi connectivity index (χ3n) is 4.78. The number of fused-ring (bicyclic) bond motifs is 1. The fraction of sp³-hybridized carbons (Fsp3) is 0.333. The zero-order valence-corrected chi connectivity index (χ0v) is 14.5. The maximum Gasteiger partial charge on any atom is 0.227 e. The highest BCUT2D eigenvalue weighted by Gasteiger charge is 2.15. The minimum absolute atomic E-state index is 0.765. The minimum Gasteiger partial charge on any atom is -0.365 e. The van der Waals surface area contributed by atoms with Gasteiger partial charge < -0.3 is 10.2 Å². The molecule has 1 fully saturated rings. The van der Waals surface area contributed by atoms with E-state index in [1.165, 1.54) is 31.2 Å². The minimum atomic E-state index is 0.765. The number of para-hydroxylation sites is 1. The summed E-state index contributed by atoms with van der Waals surface area (Å²) in [5.41, 5.74) is 2.26. The second kappa shape index (κ2) is 7.51. The van der Waals surface area contributed by atoms with Crippen LogP contribution < -0.4 is 10.2 Å². The summed E-state index contributed by atoms with van der Waals surface area (Å²) < 4.78 is 0. The largest absolute Gasteiger partial charge is 0.365 e. The lowest BCUT2D eigenvalue weighted by atomic mass is 10.2.